The minimum Gasteiger partial charge on any atom is -0.404 e. The van der Waals surface area contributed by atoms with Crippen molar-refractivity contribution in [1.29, 1.82) is 0 Å². The van der Waals surface area contributed by atoms with Crippen LogP contribution in [0.3, 0.4) is 0 Å². The van der Waals surface area contributed by atoms with Gasteiger partial charge in [-0.1, -0.05) is 31.0 Å². The summed E-state index contributed by atoms with van der Waals surface area (Å²) in [7, 11) is 0. The summed E-state index contributed by atoms with van der Waals surface area (Å²) in [6.07, 6.45) is 1.69. The Morgan fingerprint density at radius 3 is 2.44 bits per heavy atom. The second kappa shape index (κ2) is 7.30. The molecular weight excluding hydrogens is 319 g/mol. The average molecular weight is 338 g/mol. The van der Waals surface area contributed by atoms with Crippen molar-refractivity contribution >= 4 is 5.97 Å². The van der Waals surface area contributed by atoms with Gasteiger partial charge in [-0.05, 0) is 49.7 Å². The summed E-state index contributed by atoms with van der Waals surface area (Å²) < 4.78 is 20.3. The van der Waals surface area contributed by atoms with Gasteiger partial charge in [0.25, 0.3) is 0 Å². The number of ether oxygens (including phenoxy) is 1. The van der Waals surface area contributed by atoms with Crippen molar-refractivity contribution in [3.8, 4) is 11.6 Å². The average Bonchev–Trinajstić information content (AvgIpc) is 2.99. The molecule has 0 aliphatic heterocycles. The molecule has 0 bridgehead atoms. The van der Waals surface area contributed by atoms with Crippen molar-refractivity contribution in [3.63, 3.8) is 0 Å². The summed E-state index contributed by atoms with van der Waals surface area (Å²) in [5, 5.41) is 4.48. The SMILES string of the molecule is CCCc1cc(OC(=O)c2ccc(C)cc2)n(-c2ccc(F)cc2)n1. The van der Waals surface area contributed by atoms with Crippen LogP contribution in [0.2, 0.25) is 0 Å². The molecule has 0 saturated heterocycles. The highest BCUT2D eigenvalue weighted by Gasteiger charge is 2.16. The summed E-state index contributed by atoms with van der Waals surface area (Å²) in [4.78, 5) is 12.4. The summed E-state index contributed by atoms with van der Waals surface area (Å²) >= 11 is 0. The van der Waals surface area contributed by atoms with Gasteiger partial charge in [-0.15, -0.1) is 0 Å². The largest absolute Gasteiger partial charge is 0.404 e. The number of hydrogen-bond donors (Lipinski definition) is 0. The molecule has 0 unspecified atom stereocenters. The molecule has 0 atom stereocenters. The number of aryl methyl sites for hydroxylation is 2. The second-order valence-electron chi connectivity index (χ2n) is 5.87. The van der Waals surface area contributed by atoms with Gasteiger partial charge in [-0.3, -0.25) is 0 Å². The van der Waals surface area contributed by atoms with Crippen LogP contribution in [0.25, 0.3) is 5.69 Å². The lowest BCUT2D eigenvalue weighted by atomic mass is 10.1. The van der Waals surface area contributed by atoms with E-state index in [0.29, 0.717) is 17.1 Å². The van der Waals surface area contributed by atoms with Gasteiger partial charge in [-0.25, -0.2) is 13.9 Å². The highest BCUT2D eigenvalue weighted by molar-refractivity contribution is 5.90. The predicted octanol–water partition coefficient (Wildman–Crippen LogP) is 4.49. The Hall–Kier alpha value is -2.95. The van der Waals surface area contributed by atoms with E-state index in [1.807, 2.05) is 19.1 Å². The first-order valence-corrected chi connectivity index (χ1v) is 8.20. The minimum absolute atomic E-state index is 0.320. The van der Waals surface area contributed by atoms with Crippen molar-refractivity contribution in [2.45, 2.75) is 26.7 Å². The molecule has 0 aliphatic rings. The molecule has 0 radical (unpaired) electrons. The van der Waals surface area contributed by atoms with E-state index in [4.69, 9.17) is 4.74 Å². The van der Waals surface area contributed by atoms with Gasteiger partial charge in [0.15, 0.2) is 0 Å². The van der Waals surface area contributed by atoms with Crippen LogP contribution < -0.4 is 4.74 Å². The lowest BCUT2D eigenvalue weighted by Crippen LogP contribution is -2.11. The fourth-order valence-electron chi connectivity index (χ4n) is 2.47. The standard InChI is InChI=1S/C20H19FN2O2/c1-3-4-17-13-19(23(22-17)18-11-9-16(21)10-12-18)25-20(24)15-7-5-14(2)6-8-15/h5-13H,3-4H2,1-2H3. The van der Waals surface area contributed by atoms with Gasteiger partial charge in [0.05, 0.1) is 16.9 Å². The first-order chi connectivity index (χ1) is 12.1. The van der Waals surface area contributed by atoms with Crippen molar-refractivity contribution < 1.29 is 13.9 Å². The van der Waals surface area contributed by atoms with Gasteiger partial charge in [0.1, 0.15) is 5.82 Å². The molecule has 5 heteroatoms. The van der Waals surface area contributed by atoms with Crippen molar-refractivity contribution in [3.05, 3.63) is 77.2 Å². The molecule has 1 aromatic heterocycles. The number of rotatable bonds is 5. The third-order valence-electron chi connectivity index (χ3n) is 3.79. The predicted molar refractivity (Wildman–Crippen MR) is 93.7 cm³/mol. The lowest BCUT2D eigenvalue weighted by molar-refractivity contribution is 0.0723. The van der Waals surface area contributed by atoms with E-state index in [9.17, 15) is 9.18 Å². The lowest BCUT2D eigenvalue weighted by Gasteiger charge is -2.08. The third kappa shape index (κ3) is 3.94. The summed E-state index contributed by atoms with van der Waals surface area (Å²) in [6, 6.07) is 14.8. The van der Waals surface area contributed by atoms with E-state index in [-0.39, 0.29) is 5.82 Å². The zero-order valence-corrected chi connectivity index (χ0v) is 14.2. The number of nitrogens with zero attached hydrogens (tertiary/aromatic N) is 2. The van der Waals surface area contributed by atoms with Crippen molar-refractivity contribution in [1.82, 2.24) is 9.78 Å². The Morgan fingerprint density at radius 2 is 1.80 bits per heavy atom. The first-order valence-electron chi connectivity index (χ1n) is 8.20. The fourth-order valence-corrected chi connectivity index (χ4v) is 2.47. The molecule has 0 aliphatic carbocycles. The van der Waals surface area contributed by atoms with Gasteiger partial charge in [-0.2, -0.15) is 5.10 Å². The number of benzene rings is 2. The van der Waals surface area contributed by atoms with Gasteiger partial charge >= 0.3 is 5.97 Å². The van der Waals surface area contributed by atoms with Crippen LogP contribution in [-0.4, -0.2) is 15.7 Å². The molecular formula is C20H19FN2O2. The number of aromatic nitrogens is 2. The maximum absolute atomic E-state index is 13.2. The van der Waals surface area contributed by atoms with E-state index in [2.05, 4.69) is 12.0 Å². The maximum Gasteiger partial charge on any atom is 0.344 e. The van der Waals surface area contributed by atoms with Crippen molar-refractivity contribution in [2.24, 2.45) is 0 Å². The second-order valence-corrected chi connectivity index (χ2v) is 5.87. The van der Waals surface area contributed by atoms with Gasteiger partial charge in [0, 0.05) is 6.07 Å². The van der Waals surface area contributed by atoms with E-state index in [1.54, 1.807) is 30.3 Å². The molecule has 3 aromatic rings. The number of esters is 1. The van der Waals surface area contributed by atoms with E-state index >= 15 is 0 Å². The molecule has 128 valence electrons. The van der Waals surface area contributed by atoms with Gasteiger partial charge in [0.2, 0.25) is 5.88 Å². The molecule has 0 saturated carbocycles. The van der Waals surface area contributed by atoms with Crippen LogP contribution in [0, 0.1) is 12.7 Å². The summed E-state index contributed by atoms with van der Waals surface area (Å²) in [5.74, 6) is -0.463. The summed E-state index contributed by atoms with van der Waals surface area (Å²) in [5.41, 5.74) is 2.99. The van der Waals surface area contributed by atoms with E-state index < -0.39 is 5.97 Å². The van der Waals surface area contributed by atoms with Crippen LogP contribution in [-0.2, 0) is 6.42 Å². The molecule has 4 nitrogen and oxygen atoms in total. The molecule has 2 aromatic carbocycles. The van der Waals surface area contributed by atoms with Crippen LogP contribution >= 0.6 is 0 Å². The molecule has 25 heavy (non-hydrogen) atoms. The Labute approximate surface area is 145 Å². The number of hydrogen-bond acceptors (Lipinski definition) is 3. The Bertz CT molecular complexity index is 868. The normalized spacial score (nSPS) is 10.7. The highest BCUT2D eigenvalue weighted by Crippen LogP contribution is 2.22. The smallest absolute Gasteiger partial charge is 0.344 e. The van der Waals surface area contributed by atoms with Crippen LogP contribution in [0.5, 0.6) is 5.88 Å². The Kier molecular flexibility index (Phi) is 4.93. The first kappa shape index (κ1) is 16.9. The topological polar surface area (TPSA) is 44.1 Å². The number of carbonyl (C=O) groups excluding carboxylic acids is 1. The van der Waals surface area contributed by atoms with Gasteiger partial charge < -0.3 is 4.74 Å². The molecule has 0 N–H and O–H groups in total. The molecule has 0 amide bonds. The Balaban J connectivity index is 1.92. The zero-order chi connectivity index (χ0) is 17.8. The number of carbonyl (C=O) groups is 1. The molecule has 0 fully saturated rings. The quantitative estimate of drug-likeness (QED) is 0.644. The van der Waals surface area contributed by atoms with Crippen molar-refractivity contribution in [2.75, 3.05) is 0 Å². The summed E-state index contributed by atoms with van der Waals surface area (Å²) in [6.45, 7) is 4.00. The Morgan fingerprint density at radius 1 is 1.12 bits per heavy atom. The third-order valence-corrected chi connectivity index (χ3v) is 3.79. The van der Waals surface area contributed by atoms with E-state index in [0.717, 1.165) is 24.1 Å². The monoisotopic (exact) mass is 338 g/mol. The molecule has 3 rings (SSSR count). The van der Waals surface area contributed by atoms with Crippen LogP contribution in [0.1, 0.15) is 35.0 Å². The number of halogens is 1. The zero-order valence-electron chi connectivity index (χ0n) is 14.2. The molecule has 1 heterocycles. The van der Waals surface area contributed by atoms with Crippen LogP contribution in [0.4, 0.5) is 4.39 Å². The highest BCUT2D eigenvalue weighted by atomic mass is 19.1. The van der Waals surface area contributed by atoms with E-state index in [1.165, 1.54) is 16.8 Å². The maximum atomic E-state index is 13.2. The molecule has 0 spiro atoms. The fraction of sp³-hybridized carbons (Fsp3) is 0.200. The minimum atomic E-state index is -0.452. The van der Waals surface area contributed by atoms with Crippen LogP contribution in [0.15, 0.2) is 54.6 Å².